The maximum Gasteiger partial charge on any atom is 0.228 e. The maximum atomic E-state index is 12.8. The molecule has 1 aliphatic heterocycles. The van der Waals surface area contributed by atoms with Gasteiger partial charge < -0.3 is 15.4 Å². The van der Waals surface area contributed by atoms with E-state index < -0.39 is 0 Å². The smallest absolute Gasteiger partial charge is 0.228 e. The monoisotopic (exact) mass is 290 g/mol. The minimum Gasteiger partial charge on any atom is -0.378 e. The highest BCUT2D eigenvalue weighted by Gasteiger charge is 2.32. The lowest BCUT2D eigenvalue weighted by Crippen LogP contribution is -2.46. The van der Waals surface area contributed by atoms with E-state index in [2.05, 4.69) is 24.5 Å². The number of ether oxygens (including phenoxy) is 1. The van der Waals surface area contributed by atoms with E-state index in [0.717, 1.165) is 25.1 Å². The normalized spacial score (nSPS) is 24.5. The van der Waals surface area contributed by atoms with Crippen molar-refractivity contribution < 1.29 is 9.53 Å². The number of carbonyl (C=O) groups excluding carboxylic acids is 1. The molecule has 0 bridgehead atoms. The fourth-order valence-electron chi connectivity index (χ4n) is 2.95. The summed E-state index contributed by atoms with van der Waals surface area (Å²) in [6.07, 6.45) is 1.03. The molecule has 0 aliphatic carbocycles. The first-order valence-electron chi connectivity index (χ1n) is 7.76. The lowest BCUT2D eigenvalue weighted by molar-refractivity contribution is -0.125. The second-order valence-corrected chi connectivity index (χ2v) is 5.82. The van der Waals surface area contributed by atoms with Gasteiger partial charge in [0.2, 0.25) is 5.91 Å². The summed E-state index contributed by atoms with van der Waals surface area (Å²) in [7, 11) is 1.69. The summed E-state index contributed by atoms with van der Waals surface area (Å²) >= 11 is 0. The summed E-state index contributed by atoms with van der Waals surface area (Å²) < 4.78 is 5.42. The zero-order chi connectivity index (χ0) is 15.2. The summed E-state index contributed by atoms with van der Waals surface area (Å²) in [4.78, 5) is 12.8. The van der Waals surface area contributed by atoms with E-state index in [9.17, 15) is 4.79 Å². The molecule has 3 unspecified atom stereocenters. The van der Waals surface area contributed by atoms with Crippen molar-refractivity contribution in [1.29, 1.82) is 0 Å². The van der Waals surface area contributed by atoms with Gasteiger partial charge >= 0.3 is 0 Å². The molecule has 0 radical (unpaired) electrons. The molecule has 2 rings (SSSR count). The van der Waals surface area contributed by atoms with E-state index in [-0.39, 0.29) is 24.0 Å². The molecule has 1 aromatic rings. The third-order valence-electron chi connectivity index (χ3n) is 4.44. The van der Waals surface area contributed by atoms with Gasteiger partial charge in [-0.05, 0) is 11.5 Å². The lowest BCUT2D eigenvalue weighted by atomic mass is 9.84. The van der Waals surface area contributed by atoms with E-state index in [0.29, 0.717) is 5.92 Å². The van der Waals surface area contributed by atoms with Crippen molar-refractivity contribution in [2.24, 2.45) is 5.92 Å². The van der Waals surface area contributed by atoms with Gasteiger partial charge in [-0.1, -0.05) is 50.6 Å². The third kappa shape index (κ3) is 3.83. The number of amides is 1. The molecule has 1 fully saturated rings. The molecule has 1 aromatic carbocycles. The zero-order valence-electron chi connectivity index (χ0n) is 13.1. The summed E-state index contributed by atoms with van der Waals surface area (Å²) in [6.45, 7) is 5.83. The molecule has 1 heterocycles. The lowest BCUT2D eigenvalue weighted by Gasteiger charge is -2.26. The minimum atomic E-state index is -0.102. The van der Waals surface area contributed by atoms with Gasteiger partial charge in [-0.3, -0.25) is 4.79 Å². The van der Waals surface area contributed by atoms with Crippen LogP contribution in [0.3, 0.4) is 0 Å². The second kappa shape index (κ2) is 7.57. The average Bonchev–Trinajstić information content (AvgIpc) is 2.95. The summed E-state index contributed by atoms with van der Waals surface area (Å²) in [5.74, 6) is 0.309. The van der Waals surface area contributed by atoms with Crippen LogP contribution in [0.4, 0.5) is 0 Å². The Labute approximate surface area is 127 Å². The number of benzene rings is 1. The van der Waals surface area contributed by atoms with Crippen LogP contribution in [-0.2, 0) is 9.53 Å². The quantitative estimate of drug-likeness (QED) is 0.841. The molecule has 116 valence electrons. The van der Waals surface area contributed by atoms with E-state index >= 15 is 0 Å². The number of hydrogen-bond acceptors (Lipinski definition) is 3. The van der Waals surface area contributed by atoms with Crippen molar-refractivity contribution in [2.75, 3.05) is 20.2 Å². The van der Waals surface area contributed by atoms with Gasteiger partial charge in [0, 0.05) is 20.2 Å². The zero-order valence-corrected chi connectivity index (χ0v) is 13.1. The predicted octanol–water partition coefficient (Wildman–Crippen LogP) is 1.92. The number of carbonyl (C=O) groups is 1. The van der Waals surface area contributed by atoms with Crippen LogP contribution in [0.1, 0.15) is 31.7 Å². The molecule has 4 heteroatoms. The van der Waals surface area contributed by atoms with Gasteiger partial charge in [-0.25, -0.2) is 0 Å². The van der Waals surface area contributed by atoms with Crippen LogP contribution in [0.5, 0.6) is 0 Å². The second-order valence-electron chi connectivity index (χ2n) is 5.82. The molecular formula is C17H26N2O2. The first-order chi connectivity index (χ1) is 10.2. The van der Waals surface area contributed by atoms with Gasteiger partial charge in [0.05, 0.1) is 18.1 Å². The van der Waals surface area contributed by atoms with E-state index in [4.69, 9.17) is 4.74 Å². The average molecular weight is 290 g/mol. The van der Waals surface area contributed by atoms with Crippen molar-refractivity contribution >= 4 is 5.91 Å². The Morgan fingerprint density at radius 3 is 2.71 bits per heavy atom. The van der Waals surface area contributed by atoms with Crippen LogP contribution in [0.2, 0.25) is 0 Å². The number of hydrogen-bond donors (Lipinski definition) is 2. The van der Waals surface area contributed by atoms with Crippen molar-refractivity contribution in [3.05, 3.63) is 35.9 Å². The predicted molar refractivity (Wildman–Crippen MR) is 84.2 cm³/mol. The molecule has 4 nitrogen and oxygen atoms in total. The fraction of sp³-hybridized carbons (Fsp3) is 0.588. The Morgan fingerprint density at radius 1 is 1.38 bits per heavy atom. The largest absolute Gasteiger partial charge is 0.378 e. The number of methoxy groups -OCH3 is 1. The molecule has 1 aliphatic rings. The van der Waals surface area contributed by atoms with E-state index in [1.807, 2.05) is 30.3 Å². The molecule has 1 saturated heterocycles. The summed E-state index contributed by atoms with van der Waals surface area (Å²) in [5.41, 5.74) is 1.09. The molecule has 4 atom stereocenters. The molecule has 1 amide bonds. The minimum absolute atomic E-state index is 0.0535. The van der Waals surface area contributed by atoms with Crippen LogP contribution < -0.4 is 10.6 Å². The fourth-order valence-corrected chi connectivity index (χ4v) is 2.95. The van der Waals surface area contributed by atoms with Crippen molar-refractivity contribution in [3.8, 4) is 0 Å². The summed E-state index contributed by atoms with van der Waals surface area (Å²) in [6, 6.07) is 10.1. The third-order valence-corrected chi connectivity index (χ3v) is 4.44. The van der Waals surface area contributed by atoms with Crippen LogP contribution in [-0.4, -0.2) is 38.3 Å². The molecular weight excluding hydrogens is 264 g/mol. The van der Waals surface area contributed by atoms with Crippen LogP contribution >= 0.6 is 0 Å². The first kappa shape index (κ1) is 16.0. The highest BCUT2D eigenvalue weighted by atomic mass is 16.5. The maximum absolute atomic E-state index is 12.8. The number of rotatable bonds is 6. The Balaban J connectivity index is 2.12. The molecule has 0 saturated carbocycles. The Bertz CT molecular complexity index is 449. The molecule has 2 N–H and O–H groups in total. The Kier molecular flexibility index (Phi) is 5.76. The van der Waals surface area contributed by atoms with Crippen LogP contribution in [0, 0.1) is 5.92 Å². The van der Waals surface area contributed by atoms with E-state index in [1.165, 1.54) is 0 Å². The number of nitrogens with one attached hydrogen (secondary N) is 2. The standard InChI is InChI=1S/C17H26N2O2/c1-4-12(2)16(13-8-6-5-7-9-13)17(20)19-14-10-18-11-15(14)21-3/h5-9,12,14-16,18H,4,10-11H2,1-3H3,(H,19,20)/t12?,14?,15-,16?/m0/s1. The van der Waals surface area contributed by atoms with Gasteiger partial charge in [0.25, 0.3) is 0 Å². The van der Waals surface area contributed by atoms with Gasteiger partial charge in [-0.15, -0.1) is 0 Å². The van der Waals surface area contributed by atoms with Gasteiger partial charge in [-0.2, -0.15) is 0 Å². The van der Waals surface area contributed by atoms with Crippen molar-refractivity contribution in [3.63, 3.8) is 0 Å². The highest BCUT2D eigenvalue weighted by Crippen LogP contribution is 2.27. The van der Waals surface area contributed by atoms with Crippen LogP contribution in [0.15, 0.2) is 30.3 Å². The Morgan fingerprint density at radius 2 is 2.10 bits per heavy atom. The topological polar surface area (TPSA) is 50.4 Å². The summed E-state index contributed by atoms with van der Waals surface area (Å²) in [5, 5.41) is 6.43. The SMILES string of the molecule is CCC(C)C(C(=O)NC1CNC[C@@H]1OC)c1ccccc1. The van der Waals surface area contributed by atoms with Crippen LogP contribution in [0.25, 0.3) is 0 Å². The van der Waals surface area contributed by atoms with Gasteiger partial charge in [0.15, 0.2) is 0 Å². The molecule has 0 aromatic heterocycles. The molecule has 0 spiro atoms. The first-order valence-corrected chi connectivity index (χ1v) is 7.76. The van der Waals surface area contributed by atoms with Crippen molar-refractivity contribution in [2.45, 2.75) is 38.3 Å². The van der Waals surface area contributed by atoms with Crippen molar-refractivity contribution in [1.82, 2.24) is 10.6 Å². The van der Waals surface area contributed by atoms with E-state index in [1.54, 1.807) is 7.11 Å². The Hall–Kier alpha value is -1.39. The van der Waals surface area contributed by atoms with Gasteiger partial charge in [0.1, 0.15) is 0 Å². The molecule has 21 heavy (non-hydrogen) atoms. The highest BCUT2D eigenvalue weighted by molar-refractivity contribution is 5.84.